The summed E-state index contributed by atoms with van der Waals surface area (Å²) in [5.74, 6) is 1.37. The molecule has 0 aromatic heterocycles. The van der Waals surface area contributed by atoms with Gasteiger partial charge in [-0.3, -0.25) is 0 Å². The first-order chi connectivity index (χ1) is 9.84. The van der Waals surface area contributed by atoms with Gasteiger partial charge in [-0.05, 0) is 76.0 Å². The molecule has 0 N–H and O–H groups in total. The minimum Gasteiger partial charge on any atom is -0.226 e. The van der Waals surface area contributed by atoms with E-state index in [1.165, 1.54) is 26.2 Å². The molecule has 1 unspecified atom stereocenters. The summed E-state index contributed by atoms with van der Waals surface area (Å²) >= 11 is 0. The summed E-state index contributed by atoms with van der Waals surface area (Å²) in [4.78, 5) is 0. The Hall–Kier alpha value is -0.120. The number of hydrogen-bond acceptors (Lipinski definition) is 2. The van der Waals surface area contributed by atoms with Crippen LogP contribution in [0, 0.1) is 23.7 Å². The van der Waals surface area contributed by atoms with Crippen molar-refractivity contribution in [3.63, 3.8) is 0 Å². The van der Waals surface area contributed by atoms with Crippen molar-refractivity contribution >= 4 is 9.84 Å². The first-order valence-electron chi connectivity index (χ1n) is 8.77. The standard InChI is InChI=1S/C17H27FO2S/c1-16(18,15-4-2-3-5-15)21(19,20)17-9-12-6-13(10-17)8-14(7-12)11-17/h12-15H,2-11H2,1H3. The highest BCUT2D eigenvalue weighted by molar-refractivity contribution is 7.94. The molecule has 5 aliphatic carbocycles. The summed E-state index contributed by atoms with van der Waals surface area (Å²) in [5, 5.41) is -2.00. The lowest BCUT2D eigenvalue weighted by molar-refractivity contribution is 0.0295. The first-order valence-corrected chi connectivity index (χ1v) is 10.3. The zero-order chi connectivity index (χ0) is 14.9. The number of alkyl halides is 1. The Labute approximate surface area is 127 Å². The summed E-state index contributed by atoms with van der Waals surface area (Å²) in [7, 11) is -3.71. The maximum absolute atomic E-state index is 15.5. The fourth-order valence-electron chi connectivity index (χ4n) is 6.44. The molecular formula is C17H27FO2S. The lowest BCUT2D eigenvalue weighted by Gasteiger charge is -2.57. The molecule has 4 heteroatoms. The van der Waals surface area contributed by atoms with Gasteiger partial charge in [0.1, 0.15) is 0 Å². The highest BCUT2D eigenvalue weighted by Crippen LogP contribution is 2.61. The predicted octanol–water partition coefficient (Wildman–Crippen LogP) is 4.25. The molecule has 5 rings (SSSR count). The average molecular weight is 314 g/mol. The van der Waals surface area contributed by atoms with Gasteiger partial charge in [-0.1, -0.05) is 12.8 Å². The molecule has 4 bridgehead atoms. The molecule has 5 saturated carbocycles. The molecule has 0 radical (unpaired) electrons. The summed E-state index contributed by atoms with van der Waals surface area (Å²) < 4.78 is 41.4. The molecule has 0 saturated heterocycles. The maximum atomic E-state index is 15.5. The SMILES string of the molecule is CC(F)(C1CCCC1)S(=O)(=O)C12CC3CC(CC(C3)C1)C2. The molecule has 5 fully saturated rings. The summed E-state index contributed by atoms with van der Waals surface area (Å²) in [6, 6.07) is 0. The molecule has 120 valence electrons. The third-order valence-electron chi connectivity index (χ3n) is 7.16. The Bertz CT molecular complexity index is 496. The fourth-order valence-corrected chi connectivity index (χ4v) is 9.33. The lowest BCUT2D eigenvalue weighted by atomic mass is 9.56. The van der Waals surface area contributed by atoms with Crippen LogP contribution in [-0.2, 0) is 9.84 Å². The van der Waals surface area contributed by atoms with Gasteiger partial charge in [0.2, 0.25) is 5.00 Å². The smallest absolute Gasteiger partial charge is 0.211 e. The van der Waals surface area contributed by atoms with Crippen molar-refractivity contribution in [3.05, 3.63) is 0 Å². The van der Waals surface area contributed by atoms with Gasteiger partial charge >= 0.3 is 0 Å². The van der Waals surface area contributed by atoms with E-state index in [-0.39, 0.29) is 5.92 Å². The summed E-state index contributed by atoms with van der Waals surface area (Å²) in [5.41, 5.74) is 0. The minimum absolute atomic E-state index is 0.268. The molecule has 5 aliphatic rings. The van der Waals surface area contributed by atoms with Crippen LogP contribution in [0.5, 0.6) is 0 Å². The van der Waals surface area contributed by atoms with Gasteiger partial charge in [0.25, 0.3) is 0 Å². The Kier molecular flexibility index (Phi) is 3.07. The summed E-state index contributed by atoms with van der Waals surface area (Å²) in [6.07, 6.45) is 9.29. The molecule has 0 amide bonds. The second-order valence-electron chi connectivity index (χ2n) is 8.57. The molecule has 0 spiro atoms. The van der Waals surface area contributed by atoms with Gasteiger partial charge in [0.15, 0.2) is 9.84 Å². The van der Waals surface area contributed by atoms with Gasteiger partial charge in [0, 0.05) is 5.92 Å². The van der Waals surface area contributed by atoms with E-state index in [2.05, 4.69) is 0 Å². The minimum atomic E-state index is -3.71. The van der Waals surface area contributed by atoms with Crippen LogP contribution in [-0.4, -0.2) is 18.2 Å². The van der Waals surface area contributed by atoms with Crippen LogP contribution in [0.3, 0.4) is 0 Å². The molecule has 0 aromatic rings. The third-order valence-corrected chi connectivity index (χ3v) is 10.2. The van der Waals surface area contributed by atoms with Crippen LogP contribution in [0.2, 0.25) is 0 Å². The summed E-state index contributed by atoms with van der Waals surface area (Å²) in [6.45, 7) is 1.39. The molecule has 21 heavy (non-hydrogen) atoms. The molecule has 1 atom stereocenters. The number of sulfone groups is 1. The number of hydrogen-bond donors (Lipinski definition) is 0. The lowest BCUT2D eigenvalue weighted by Crippen LogP contribution is -2.60. The van der Waals surface area contributed by atoms with Crippen molar-refractivity contribution in [2.75, 3.05) is 0 Å². The van der Waals surface area contributed by atoms with Gasteiger partial charge in [-0.2, -0.15) is 0 Å². The number of rotatable bonds is 3. The van der Waals surface area contributed by atoms with E-state index in [4.69, 9.17) is 0 Å². The van der Waals surface area contributed by atoms with Crippen LogP contribution in [0.15, 0.2) is 0 Å². The normalized spacial score (nSPS) is 45.9. The van der Waals surface area contributed by atoms with Gasteiger partial charge in [0.05, 0.1) is 4.75 Å². The Morgan fingerprint density at radius 3 is 1.81 bits per heavy atom. The topological polar surface area (TPSA) is 34.1 Å². The van der Waals surface area contributed by atoms with Crippen LogP contribution in [0.1, 0.15) is 71.1 Å². The van der Waals surface area contributed by atoms with Crippen LogP contribution in [0.25, 0.3) is 0 Å². The zero-order valence-electron chi connectivity index (χ0n) is 13.0. The Morgan fingerprint density at radius 2 is 1.38 bits per heavy atom. The highest BCUT2D eigenvalue weighted by Gasteiger charge is 2.63. The average Bonchev–Trinajstić information content (AvgIpc) is 2.90. The van der Waals surface area contributed by atoms with Gasteiger partial charge < -0.3 is 0 Å². The fraction of sp³-hybridized carbons (Fsp3) is 1.00. The Balaban J connectivity index is 1.71. The third kappa shape index (κ3) is 1.90. The highest BCUT2D eigenvalue weighted by atomic mass is 32.2. The largest absolute Gasteiger partial charge is 0.226 e. The monoisotopic (exact) mass is 314 g/mol. The molecule has 0 heterocycles. The van der Waals surface area contributed by atoms with E-state index >= 15 is 4.39 Å². The maximum Gasteiger partial charge on any atom is 0.211 e. The second-order valence-corrected chi connectivity index (χ2v) is 11.2. The first kappa shape index (κ1) is 14.5. The van der Waals surface area contributed by atoms with E-state index in [1.807, 2.05) is 0 Å². The zero-order valence-corrected chi connectivity index (χ0v) is 13.8. The van der Waals surface area contributed by atoms with Crippen LogP contribution < -0.4 is 0 Å². The van der Waals surface area contributed by atoms with E-state index in [9.17, 15) is 8.42 Å². The van der Waals surface area contributed by atoms with Crippen molar-refractivity contribution in [1.29, 1.82) is 0 Å². The van der Waals surface area contributed by atoms with E-state index in [0.717, 1.165) is 44.9 Å². The predicted molar refractivity (Wildman–Crippen MR) is 81.3 cm³/mol. The van der Waals surface area contributed by atoms with Gasteiger partial charge in [-0.15, -0.1) is 0 Å². The van der Waals surface area contributed by atoms with E-state index < -0.39 is 19.6 Å². The van der Waals surface area contributed by atoms with Crippen molar-refractivity contribution < 1.29 is 12.8 Å². The van der Waals surface area contributed by atoms with Crippen molar-refractivity contribution in [2.45, 2.75) is 80.9 Å². The van der Waals surface area contributed by atoms with E-state index in [1.54, 1.807) is 0 Å². The van der Waals surface area contributed by atoms with Crippen molar-refractivity contribution in [1.82, 2.24) is 0 Å². The van der Waals surface area contributed by atoms with Gasteiger partial charge in [-0.25, -0.2) is 12.8 Å². The molecule has 2 nitrogen and oxygen atoms in total. The number of halogens is 1. The molecule has 0 aromatic carbocycles. The van der Waals surface area contributed by atoms with Crippen molar-refractivity contribution in [2.24, 2.45) is 23.7 Å². The van der Waals surface area contributed by atoms with Crippen LogP contribution >= 0.6 is 0 Å². The quantitative estimate of drug-likeness (QED) is 0.780. The molecular weight excluding hydrogens is 287 g/mol. The van der Waals surface area contributed by atoms with Crippen molar-refractivity contribution in [3.8, 4) is 0 Å². The Morgan fingerprint density at radius 1 is 0.952 bits per heavy atom. The second kappa shape index (κ2) is 4.46. The van der Waals surface area contributed by atoms with Crippen LogP contribution in [0.4, 0.5) is 4.39 Å². The van der Waals surface area contributed by atoms with E-state index in [0.29, 0.717) is 17.8 Å². The molecule has 0 aliphatic heterocycles.